The van der Waals surface area contributed by atoms with Gasteiger partial charge in [0.25, 0.3) is 0 Å². The van der Waals surface area contributed by atoms with Gasteiger partial charge >= 0.3 is 0 Å². The third-order valence-corrected chi connectivity index (χ3v) is 6.89. The molecule has 0 aliphatic heterocycles. The normalized spacial score (nSPS) is 12.1. The van der Waals surface area contributed by atoms with Crippen molar-refractivity contribution in [1.82, 2.24) is 0 Å². The van der Waals surface area contributed by atoms with E-state index in [1.54, 1.807) is 11.3 Å². The molecule has 0 aliphatic rings. The Morgan fingerprint density at radius 2 is 1.88 bits per heavy atom. The summed E-state index contributed by atoms with van der Waals surface area (Å²) in [6, 6.07) is 14.3. The molecule has 0 atom stereocenters. The van der Waals surface area contributed by atoms with Crippen LogP contribution in [0.15, 0.2) is 53.2 Å². The lowest BCUT2D eigenvalue weighted by atomic mass is 10.3. The topological polar surface area (TPSA) is 0 Å². The van der Waals surface area contributed by atoms with Crippen LogP contribution in [0, 0.1) is 0 Å². The van der Waals surface area contributed by atoms with Crippen LogP contribution in [-0.2, 0) is 0 Å². The predicted molar refractivity (Wildman–Crippen MR) is 81.7 cm³/mol. The van der Waals surface area contributed by atoms with E-state index in [-0.39, 0.29) is 0 Å². The highest BCUT2D eigenvalue weighted by molar-refractivity contribution is 7.08. The first-order valence-electron chi connectivity index (χ1n) is 5.93. The molecular weight excluding hydrogens is 240 g/mol. The maximum absolute atomic E-state index is 2.43. The first-order chi connectivity index (χ1) is 8.18. The molecule has 0 fully saturated rings. The van der Waals surface area contributed by atoms with Crippen molar-refractivity contribution in [3.8, 4) is 0 Å². The quantitative estimate of drug-likeness (QED) is 0.714. The van der Waals surface area contributed by atoms with Crippen molar-refractivity contribution in [1.29, 1.82) is 0 Å². The second kappa shape index (κ2) is 5.47. The van der Waals surface area contributed by atoms with Crippen LogP contribution >= 0.6 is 11.3 Å². The van der Waals surface area contributed by atoms with Gasteiger partial charge in [0.15, 0.2) is 0 Å². The molecule has 0 radical (unpaired) electrons. The van der Waals surface area contributed by atoms with Crippen LogP contribution in [0.1, 0.15) is 5.56 Å². The van der Waals surface area contributed by atoms with Gasteiger partial charge in [-0.1, -0.05) is 60.8 Å². The monoisotopic (exact) mass is 258 g/mol. The Bertz CT molecular complexity index is 469. The van der Waals surface area contributed by atoms with E-state index in [0.717, 1.165) is 0 Å². The molecule has 0 saturated carbocycles. The molecule has 1 aromatic heterocycles. The van der Waals surface area contributed by atoms with Crippen molar-refractivity contribution in [3.05, 3.63) is 58.8 Å². The van der Waals surface area contributed by atoms with Crippen molar-refractivity contribution in [2.24, 2.45) is 0 Å². The number of rotatable bonds is 4. The lowest BCUT2D eigenvalue weighted by Crippen LogP contribution is -2.40. The van der Waals surface area contributed by atoms with Crippen molar-refractivity contribution >= 4 is 30.7 Å². The fraction of sp³-hybridized carbons (Fsp3) is 0.200. The summed E-state index contributed by atoms with van der Waals surface area (Å²) in [5, 5.41) is 5.85. The zero-order chi connectivity index (χ0) is 12.1. The molecule has 1 heterocycles. The molecular formula is C15H18SSi. The highest BCUT2D eigenvalue weighted by Gasteiger charge is 2.20. The third-order valence-electron chi connectivity index (χ3n) is 3.04. The van der Waals surface area contributed by atoms with Crippen LogP contribution in [0.3, 0.4) is 0 Å². The molecule has 0 aliphatic carbocycles. The van der Waals surface area contributed by atoms with Crippen LogP contribution < -0.4 is 5.19 Å². The van der Waals surface area contributed by atoms with E-state index in [1.807, 2.05) is 0 Å². The van der Waals surface area contributed by atoms with Crippen LogP contribution in [0.4, 0.5) is 0 Å². The molecule has 1 aromatic carbocycles. The molecule has 0 amide bonds. The lowest BCUT2D eigenvalue weighted by molar-refractivity contribution is 1.54. The Balaban J connectivity index is 2.03. The van der Waals surface area contributed by atoms with Gasteiger partial charge in [0.1, 0.15) is 0 Å². The van der Waals surface area contributed by atoms with Crippen LogP contribution in [0.5, 0.6) is 0 Å². The summed E-state index contributed by atoms with van der Waals surface area (Å²) < 4.78 is 0. The number of thiophene rings is 1. The standard InChI is InChI=1S/C15H18SSi/c1-17(2,15-8-4-3-5-9-15)12-6-7-14-10-11-16-13-14/h3-11,13H,12H2,1-2H3/b7-6+. The first-order valence-corrected chi connectivity index (χ1v) is 10.1. The second-order valence-electron chi connectivity index (χ2n) is 4.91. The average Bonchev–Trinajstić information content (AvgIpc) is 2.83. The number of benzene rings is 1. The minimum absolute atomic E-state index is 1.20. The molecule has 0 spiro atoms. The zero-order valence-corrected chi connectivity index (χ0v) is 12.2. The van der Waals surface area contributed by atoms with E-state index in [9.17, 15) is 0 Å². The molecule has 0 bridgehead atoms. The van der Waals surface area contributed by atoms with Crippen LogP contribution in [-0.4, -0.2) is 8.07 Å². The molecule has 17 heavy (non-hydrogen) atoms. The summed E-state index contributed by atoms with van der Waals surface area (Å²) in [5.41, 5.74) is 1.33. The van der Waals surface area contributed by atoms with Gasteiger partial charge in [-0.15, -0.1) is 0 Å². The first kappa shape index (κ1) is 12.3. The smallest absolute Gasteiger partial charge is 0.0843 e. The minimum atomic E-state index is -1.30. The van der Waals surface area contributed by atoms with E-state index in [0.29, 0.717) is 0 Å². The molecule has 2 rings (SSSR count). The Hall–Kier alpha value is -1.12. The maximum atomic E-state index is 2.43. The molecule has 88 valence electrons. The summed E-state index contributed by atoms with van der Waals surface area (Å²) in [6.45, 7) is 4.86. The Kier molecular flexibility index (Phi) is 3.97. The Morgan fingerprint density at radius 1 is 1.12 bits per heavy atom. The zero-order valence-electron chi connectivity index (χ0n) is 10.4. The number of hydrogen-bond donors (Lipinski definition) is 0. The largest absolute Gasteiger partial charge is 0.152 e. The van der Waals surface area contributed by atoms with Gasteiger partial charge in [-0.25, -0.2) is 0 Å². The van der Waals surface area contributed by atoms with Gasteiger partial charge in [-0.05, 0) is 28.4 Å². The summed E-state index contributed by atoms with van der Waals surface area (Å²) in [5.74, 6) is 0. The van der Waals surface area contributed by atoms with Gasteiger partial charge < -0.3 is 0 Å². The van der Waals surface area contributed by atoms with Crippen molar-refractivity contribution < 1.29 is 0 Å². The SMILES string of the molecule is C[Si](C)(C/C=C/c1ccsc1)c1ccccc1. The van der Waals surface area contributed by atoms with Gasteiger partial charge in [-0.3, -0.25) is 0 Å². The minimum Gasteiger partial charge on any atom is -0.152 e. The van der Waals surface area contributed by atoms with Gasteiger partial charge in [-0.2, -0.15) is 11.3 Å². The summed E-state index contributed by atoms with van der Waals surface area (Å²) in [7, 11) is -1.30. The molecule has 2 aromatic rings. The summed E-state index contributed by atoms with van der Waals surface area (Å²) in [4.78, 5) is 0. The predicted octanol–water partition coefficient (Wildman–Crippen LogP) is 4.38. The molecule has 0 saturated heterocycles. The lowest BCUT2D eigenvalue weighted by Gasteiger charge is -2.20. The number of allylic oxidation sites excluding steroid dienone is 1. The van der Waals surface area contributed by atoms with E-state index >= 15 is 0 Å². The van der Waals surface area contributed by atoms with E-state index < -0.39 is 8.07 Å². The fourth-order valence-corrected chi connectivity index (χ4v) is 4.53. The van der Waals surface area contributed by atoms with Crippen LogP contribution in [0.25, 0.3) is 6.08 Å². The fourth-order valence-electron chi connectivity index (χ4n) is 1.87. The van der Waals surface area contributed by atoms with E-state index in [2.05, 4.69) is 72.4 Å². The highest BCUT2D eigenvalue weighted by atomic mass is 32.1. The molecule has 0 unspecified atom stereocenters. The molecule has 2 heteroatoms. The summed E-state index contributed by atoms with van der Waals surface area (Å²) in [6.07, 6.45) is 4.58. The van der Waals surface area contributed by atoms with E-state index in [1.165, 1.54) is 16.8 Å². The molecule has 0 N–H and O–H groups in total. The third kappa shape index (κ3) is 3.41. The number of hydrogen-bond acceptors (Lipinski definition) is 1. The van der Waals surface area contributed by atoms with Crippen molar-refractivity contribution in [2.75, 3.05) is 0 Å². The average molecular weight is 258 g/mol. The highest BCUT2D eigenvalue weighted by Crippen LogP contribution is 2.13. The maximum Gasteiger partial charge on any atom is 0.0843 e. The van der Waals surface area contributed by atoms with Gasteiger partial charge in [0, 0.05) is 0 Å². The van der Waals surface area contributed by atoms with Gasteiger partial charge in [0.2, 0.25) is 0 Å². The Labute approximate surface area is 109 Å². The summed E-state index contributed by atoms with van der Waals surface area (Å²) >= 11 is 1.75. The van der Waals surface area contributed by atoms with Crippen molar-refractivity contribution in [3.63, 3.8) is 0 Å². The van der Waals surface area contributed by atoms with Crippen molar-refractivity contribution in [2.45, 2.75) is 19.1 Å². The van der Waals surface area contributed by atoms with E-state index in [4.69, 9.17) is 0 Å². The molecule has 0 nitrogen and oxygen atoms in total. The second-order valence-corrected chi connectivity index (χ2v) is 10.4. The van der Waals surface area contributed by atoms with Crippen LogP contribution in [0.2, 0.25) is 19.1 Å². The Morgan fingerprint density at radius 3 is 2.53 bits per heavy atom. The van der Waals surface area contributed by atoms with Gasteiger partial charge in [0.05, 0.1) is 8.07 Å².